The van der Waals surface area contributed by atoms with Crippen molar-refractivity contribution < 1.29 is 22.8 Å². The van der Waals surface area contributed by atoms with E-state index in [0.29, 0.717) is 5.69 Å². The van der Waals surface area contributed by atoms with Gasteiger partial charge in [-0.3, -0.25) is 9.59 Å². The van der Waals surface area contributed by atoms with E-state index in [2.05, 4.69) is 5.32 Å². The molecule has 0 aromatic heterocycles. The number of nitrogens with one attached hydrogen (secondary N) is 1. The topological polar surface area (TPSA) is 46.2 Å². The number of anilines is 1. The molecule has 0 fully saturated rings. The second-order valence-corrected chi connectivity index (χ2v) is 5.81. The van der Waals surface area contributed by atoms with Gasteiger partial charge in [-0.15, -0.1) is 0 Å². The van der Waals surface area contributed by atoms with Crippen LogP contribution in [-0.2, 0) is 11.2 Å². The fraction of sp³-hybridized carbons (Fsp3) is 0.100. The second kappa shape index (κ2) is 7.00. The fourth-order valence-electron chi connectivity index (χ4n) is 2.58. The smallest absolute Gasteiger partial charge is 0.322 e. The molecule has 1 amide bonds. The average Bonchev–Trinajstić information content (AvgIpc) is 2.61. The molecule has 0 radical (unpaired) electrons. The molecule has 3 rings (SSSR count). The molecule has 1 N–H and O–H groups in total. The van der Waals surface area contributed by atoms with Crippen LogP contribution < -0.4 is 5.32 Å². The highest BCUT2D eigenvalue weighted by Crippen LogP contribution is 2.21. The average molecular weight is 357 g/mol. The maximum absolute atomic E-state index is 12.4. The van der Waals surface area contributed by atoms with Crippen molar-refractivity contribution in [2.75, 3.05) is 5.32 Å². The molecule has 3 aromatic rings. The summed E-state index contributed by atoms with van der Waals surface area (Å²) in [6.07, 6.45) is -5.68. The van der Waals surface area contributed by atoms with E-state index in [1.165, 1.54) is 24.3 Å². The maximum Gasteiger partial charge on any atom is 0.450 e. The van der Waals surface area contributed by atoms with Crippen LogP contribution in [0.1, 0.15) is 15.9 Å². The van der Waals surface area contributed by atoms with Crippen LogP contribution in [-0.4, -0.2) is 17.9 Å². The van der Waals surface area contributed by atoms with Crippen molar-refractivity contribution in [3.8, 4) is 0 Å². The van der Waals surface area contributed by atoms with Gasteiger partial charge in [0.25, 0.3) is 5.91 Å². The van der Waals surface area contributed by atoms with E-state index in [4.69, 9.17) is 0 Å². The predicted molar refractivity (Wildman–Crippen MR) is 93.1 cm³/mol. The van der Waals surface area contributed by atoms with Crippen molar-refractivity contribution in [3.63, 3.8) is 0 Å². The minimum atomic E-state index is -4.89. The van der Waals surface area contributed by atoms with Gasteiger partial charge in [0.15, 0.2) is 0 Å². The largest absolute Gasteiger partial charge is 0.450 e. The summed E-state index contributed by atoms with van der Waals surface area (Å²) in [7, 11) is 0. The zero-order valence-electron chi connectivity index (χ0n) is 13.5. The van der Waals surface area contributed by atoms with Gasteiger partial charge >= 0.3 is 6.18 Å². The van der Waals surface area contributed by atoms with Crippen molar-refractivity contribution >= 4 is 28.2 Å². The lowest BCUT2D eigenvalue weighted by Crippen LogP contribution is -2.24. The third-order valence-corrected chi connectivity index (χ3v) is 3.88. The molecule has 0 heterocycles. The minimum Gasteiger partial charge on any atom is -0.322 e. The van der Waals surface area contributed by atoms with E-state index >= 15 is 0 Å². The van der Waals surface area contributed by atoms with Crippen molar-refractivity contribution in [1.82, 2.24) is 0 Å². The maximum atomic E-state index is 12.4. The number of benzene rings is 3. The standard InChI is InChI=1S/C20H14F3NO2/c21-20(22,23)18(25)11-13-4-3-7-16(10-13)19(26)24-17-9-8-14-5-1-2-6-15(14)12-17/h1-10,12H,11H2,(H,24,26). The van der Waals surface area contributed by atoms with Crippen LogP contribution in [0.5, 0.6) is 0 Å². The van der Waals surface area contributed by atoms with E-state index < -0.39 is 24.3 Å². The first-order valence-electron chi connectivity index (χ1n) is 7.82. The molecule has 6 heteroatoms. The van der Waals surface area contributed by atoms with E-state index in [1.54, 1.807) is 6.07 Å². The van der Waals surface area contributed by atoms with Crippen molar-refractivity contribution in [2.45, 2.75) is 12.6 Å². The van der Waals surface area contributed by atoms with E-state index in [0.717, 1.165) is 10.8 Å². The van der Waals surface area contributed by atoms with Gasteiger partial charge in [-0.05, 0) is 40.6 Å². The molecular formula is C20H14F3NO2. The highest BCUT2D eigenvalue weighted by atomic mass is 19.4. The first-order chi connectivity index (χ1) is 12.3. The minimum absolute atomic E-state index is 0.137. The van der Waals surface area contributed by atoms with Gasteiger partial charge in [-0.1, -0.05) is 42.5 Å². The molecule has 0 bridgehead atoms. The molecule has 26 heavy (non-hydrogen) atoms. The summed E-state index contributed by atoms with van der Waals surface area (Å²) in [6, 6.07) is 18.7. The van der Waals surface area contributed by atoms with Crippen molar-refractivity contribution in [1.29, 1.82) is 0 Å². The summed E-state index contributed by atoms with van der Waals surface area (Å²) < 4.78 is 37.1. The first kappa shape index (κ1) is 17.7. The molecule has 3 aromatic carbocycles. The lowest BCUT2D eigenvalue weighted by atomic mass is 10.0. The molecule has 0 saturated carbocycles. The predicted octanol–water partition coefficient (Wildman–Crippen LogP) is 4.77. The number of carbonyl (C=O) groups excluding carboxylic acids is 2. The summed E-state index contributed by atoms with van der Waals surface area (Å²) in [4.78, 5) is 23.5. The molecular weight excluding hydrogens is 343 g/mol. The SMILES string of the molecule is O=C(Nc1ccc2ccccc2c1)c1cccc(CC(=O)C(F)(F)F)c1. The van der Waals surface area contributed by atoms with Gasteiger partial charge < -0.3 is 5.32 Å². The Kier molecular flexibility index (Phi) is 4.75. The third-order valence-electron chi connectivity index (χ3n) is 3.88. The number of alkyl halides is 3. The normalized spacial score (nSPS) is 11.3. The molecule has 0 aliphatic rings. The first-order valence-corrected chi connectivity index (χ1v) is 7.82. The summed E-state index contributed by atoms with van der Waals surface area (Å²) in [5.74, 6) is -2.30. The molecule has 0 aliphatic heterocycles. The number of rotatable bonds is 4. The van der Waals surface area contributed by atoms with Gasteiger partial charge in [-0.2, -0.15) is 13.2 Å². The Morgan fingerprint density at radius 3 is 2.31 bits per heavy atom. The number of hydrogen-bond donors (Lipinski definition) is 1. The monoisotopic (exact) mass is 357 g/mol. The van der Waals surface area contributed by atoms with Gasteiger partial charge in [0.05, 0.1) is 0 Å². The van der Waals surface area contributed by atoms with Crippen LogP contribution in [0.15, 0.2) is 66.7 Å². The highest BCUT2D eigenvalue weighted by Gasteiger charge is 2.37. The van der Waals surface area contributed by atoms with Crippen LogP contribution in [0.2, 0.25) is 0 Å². The lowest BCUT2D eigenvalue weighted by Gasteiger charge is -2.09. The molecule has 3 nitrogen and oxygen atoms in total. The number of halogens is 3. The summed E-state index contributed by atoms with van der Waals surface area (Å²) in [6.45, 7) is 0. The van der Waals surface area contributed by atoms with Gasteiger partial charge in [0.2, 0.25) is 5.78 Å². The number of hydrogen-bond acceptors (Lipinski definition) is 2. The Balaban J connectivity index is 1.77. The van der Waals surface area contributed by atoms with Crippen molar-refractivity contribution in [2.24, 2.45) is 0 Å². The highest BCUT2D eigenvalue weighted by molar-refractivity contribution is 6.05. The van der Waals surface area contributed by atoms with Crippen LogP contribution in [0, 0.1) is 0 Å². The van der Waals surface area contributed by atoms with E-state index in [9.17, 15) is 22.8 Å². The van der Waals surface area contributed by atoms with Crippen LogP contribution in [0.4, 0.5) is 18.9 Å². The molecule has 132 valence electrons. The van der Waals surface area contributed by atoms with Gasteiger partial charge in [0.1, 0.15) is 0 Å². The van der Waals surface area contributed by atoms with Crippen LogP contribution >= 0.6 is 0 Å². The second-order valence-electron chi connectivity index (χ2n) is 5.81. The molecule has 0 spiro atoms. The molecule has 0 saturated heterocycles. The Bertz CT molecular complexity index is 980. The number of carbonyl (C=O) groups is 2. The fourth-order valence-corrected chi connectivity index (χ4v) is 2.58. The number of amides is 1. The third kappa shape index (κ3) is 4.08. The van der Waals surface area contributed by atoms with Gasteiger partial charge in [-0.25, -0.2) is 0 Å². The number of fused-ring (bicyclic) bond motifs is 1. The number of Topliss-reactive ketones (excluding diaryl/α,β-unsaturated/α-hetero) is 1. The van der Waals surface area contributed by atoms with Crippen LogP contribution in [0.25, 0.3) is 10.8 Å². The Morgan fingerprint density at radius 2 is 1.58 bits per heavy atom. The summed E-state index contributed by atoms with van der Waals surface area (Å²) >= 11 is 0. The Labute approximate surface area is 147 Å². The lowest BCUT2D eigenvalue weighted by molar-refractivity contribution is -0.170. The van der Waals surface area contributed by atoms with E-state index in [-0.39, 0.29) is 11.1 Å². The number of ketones is 1. The van der Waals surface area contributed by atoms with E-state index in [1.807, 2.05) is 36.4 Å². The Hall–Kier alpha value is -3.15. The zero-order chi connectivity index (χ0) is 18.7. The molecule has 0 atom stereocenters. The molecule has 0 aliphatic carbocycles. The quantitative estimate of drug-likeness (QED) is 0.731. The summed E-state index contributed by atoms with van der Waals surface area (Å²) in [5, 5.41) is 4.69. The molecule has 0 unspecified atom stereocenters. The van der Waals surface area contributed by atoms with Crippen LogP contribution in [0.3, 0.4) is 0 Å². The van der Waals surface area contributed by atoms with Gasteiger partial charge in [0, 0.05) is 17.7 Å². The zero-order valence-corrected chi connectivity index (χ0v) is 13.5. The Morgan fingerprint density at radius 1 is 0.846 bits per heavy atom. The summed E-state index contributed by atoms with van der Waals surface area (Å²) in [5.41, 5.74) is 0.898. The van der Waals surface area contributed by atoms with Crippen molar-refractivity contribution in [3.05, 3.63) is 77.9 Å².